The van der Waals surface area contributed by atoms with Gasteiger partial charge in [-0.1, -0.05) is 18.2 Å². The molecule has 188 valence electrons. The molecule has 10 nitrogen and oxygen atoms in total. The van der Waals surface area contributed by atoms with Crippen molar-refractivity contribution in [2.45, 2.75) is 17.9 Å². The van der Waals surface area contributed by atoms with Crippen LogP contribution in [0.15, 0.2) is 46.9 Å². The van der Waals surface area contributed by atoms with Crippen LogP contribution in [0.25, 0.3) is 21.3 Å². The Balaban J connectivity index is 1.45. The molecule has 0 aliphatic carbocycles. The third-order valence-corrected chi connectivity index (χ3v) is 8.52. The molecule has 12 heteroatoms. The molecule has 1 N–H and O–H groups in total. The maximum absolute atomic E-state index is 12.8. The molecule has 1 aliphatic rings. The zero-order chi connectivity index (χ0) is 25.4. The first-order chi connectivity index (χ1) is 17.3. The van der Waals surface area contributed by atoms with Crippen molar-refractivity contribution in [3.05, 3.63) is 64.8 Å². The molecule has 1 fully saturated rings. The molecule has 1 amide bonds. The lowest BCUT2D eigenvalue weighted by Crippen LogP contribution is -2.54. The standard InChI is InChI=1S/C24H25N5O5S2/c1-25-11-20-27-28-22(34-20)21(36(3,31)32)23-26-18-8-7-15(10-19(18)35-23)14-5-4-6-16(9-14)24(30)29-12-17(13-29)33-2/h4-10,17,21,25H,11-13H2,1-3H3. The van der Waals surface area contributed by atoms with Crippen LogP contribution in [0.2, 0.25) is 0 Å². The van der Waals surface area contributed by atoms with Gasteiger partial charge in [-0.05, 0) is 42.4 Å². The van der Waals surface area contributed by atoms with Crippen LogP contribution in [0.4, 0.5) is 0 Å². The molecule has 0 saturated carbocycles. The van der Waals surface area contributed by atoms with E-state index in [1.54, 1.807) is 25.1 Å². The van der Waals surface area contributed by atoms with Crippen molar-refractivity contribution in [3.8, 4) is 11.1 Å². The summed E-state index contributed by atoms with van der Waals surface area (Å²) in [5, 5.41) is 10.00. The fourth-order valence-corrected chi connectivity index (χ4v) is 6.60. The minimum absolute atomic E-state index is 0.00468. The number of benzene rings is 2. The Hall–Kier alpha value is -3.19. The Labute approximate surface area is 212 Å². The van der Waals surface area contributed by atoms with E-state index in [0.29, 0.717) is 41.6 Å². The highest BCUT2D eigenvalue weighted by molar-refractivity contribution is 7.91. The van der Waals surface area contributed by atoms with Crippen molar-refractivity contribution in [3.63, 3.8) is 0 Å². The Kier molecular flexibility index (Phi) is 6.60. The first-order valence-electron chi connectivity index (χ1n) is 11.3. The van der Waals surface area contributed by atoms with E-state index in [1.165, 1.54) is 11.3 Å². The molecule has 2 aromatic carbocycles. The second kappa shape index (κ2) is 9.69. The van der Waals surface area contributed by atoms with Gasteiger partial charge in [-0.25, -0.2) is 13.4 Å². The molecular weight excluding hydrogens is 502 g/mol. The van der Waals surface area contributed by atoms with Crippen LogP contribution in [-0.4, -0.2) is 74.0 Å². The van der Waals surface area contributed by atoms with Gasteiger partial charge in [-0.15, -0.1) is 21.5 Å². The maximum Gasteiger partial charge on any atom is 0.254 e. The van der Waals surface area contributed by atoms with E-state index in [2.05, 4.69) is 20.5 Å². The molecule has 1 aliphatic heterocycles. The third kappa shape index (κ3) is 4.76. The van der Waals surface area contributed by atoms with Gasteiger partial charge in [0, 0.05) is 32.0 Å². The average Bonchev–Trinajstić information content (AvgIpc) is 3.44. The van der Waals surface area contributed by atoms with Crippen molar-refractivity contribution in [2.75, 3.05) is 33.5 Å². The van der Waals surface area contributed by atoms with Crippen molar-refractivity contribution in [1.82, 2.24) is 25.4 Å². The van der Waals surface area contributed by atoms with Gasteiger partial charge in [0.05, 0.1) is 22.9 Å². The molecule has 5 rings (SSSR count). The number of aromatic nitrogens is 3. The van der Waals surface area contributed by atoms with Gasteiger partial charge in [0.2, 0.25) is 11.8 Å². The smallest absolute Gasteiger partial charge is 0.254 e. The van der Waals surface area contributed by atoms with E-state index < -0.39 is 15.1 Å². The number of methoxy groups -OCH3 is 1. The quantitative estimate of drug-likeness (QED) is 0.368. The second-order valence-electron chi connectivity index (χ2n) is 8.66. The van der Waals surface area contributed by atoms with Gasteiger partial charge >= 0.3 is 0 Å². The summed E-state index contributed by atoms with van der Waals surface area (Å²) in [5.41, 5.74) is 3.06. The molecule has 1 saturated heterocycles. The van der Waals surface area contributed by atoms with E-state index >= 15 is 0 Å². The Morgan fingerprint density at radius 1 is 1.22 bits per heavy atom. The van der Waals surface area contributed by atoms with Crippen LogP contribution in [0.5, 0.6) is 0 Å². The number of nitrogens with one attached hydrogen (secondary N) is 1. The van der Waals surface area contributed by atoms with Crippen LogP contribution in [0, 0.1) is 0 Å². The summed E-state index contributed by atoms with van der Waals surface area (Å²) in [6.07, 6.45) is 1.23. The number of nitrogens with zero attached hydrogens (tertiary/aromatic N) is 4. The zero-order valence-corrected chi connectivity index (χ0v) is 21.6. The van der Waals surface area contributed by atoms with E-state index in [-0.39, 0.29) is 17.9 Å². The Morgan fingerprint density at radius 2 is 2.00 bits per heavy atom. The summed E-state index contributed by atoms with van der Waals surface area (Å²) in [6.45, 7) is 1.51. The van der Waals surface area contributed by atoms with Crippen LogP contribution in [0.1, 0.15) is 32.4 Å². The monoisotopic (exact) mass is 527 g/mol. The summed E-state index contributed by atoms with van der Waals surface area (Å²) in [7, 11) is -0.248. The molecule has 2 aromatic heterocycles. The van der Waals surface area contributed by atoms with Gasteiger partial charge in [-0.3, -0.25) is 4.79 Å². The van der Waals surface area contributed by atoms with Gasteiger partial charge in [0.15, 0.2) is 15.1 Å². The number of likely N-dealkylation sites (tertiary alicyclic amines) is 1. The van der Waals surface area contributed by atoms with Crippen LogP contribution < -0.4 is 5.32 Å². The van der Waals surface area contributed by atoms with Crippen molar-refractivity contribution in [2.24, 2.45) is 0 Å². The summed E-state index contributed by atoms with van der Waals surface area (Å²) >= 11 is 1.27. The maximum atomic E-state index is 12.8. The summed E-state index contributed by atoms with van der Waals surface area (Å²) in [5.74, 6) is 0.268. The number of sulfone groups is 1. The number of hydrogen-bond donors (Lipinski definition) is 1. The average molecular weight is 528 g/mol. The summed E-state index contributed by atoms with van der Waals surface area (Å²) in [4.78, 5) is 19.1. The first kappa shape index (κ1) is 24.5. The van der Waals surface area contributed by atoms with E-state index in [0.717, 1.165) is 22.1 Å². The molecule has 1 atom stereocenters. The molecule has 3 heterocycles. The number of amides is 1. The van der Waals surface area contributed by atoms with Gasteiger partial charge < -0.3 is 19.4 Å². The minimum Gasteiger partial charge on any atom is -0.422 e. The highest BCUT2D eigenvalue weighted by Crippen LogP contribution is 2.36. The summed E-state index contributed by atoms with van der Waals surface area (Å²) in [6, 6.07) is 13.2. The number of ether oxygens (including phenoxy) is 1. The molecule has 4 aromatic rings. The fourth-order valence-electron chi connectivity index (χ4n) is 4.07. The molecule has 0 spiro atoms. The van der Waals surface area contributed by atoms with Crippen molar-refractivity contribution >= 4 is 37.3 Å². The topological polar surface area (TPSA) is 128 Å². The number of carbonyl (C=O) groups is 1. The Bertz CT molecular complexity index is 1520. The van der Waals surface area contributed by atoms with Gasteiger partial charge in [-0.2, -0.15) is 0 Å². The van der Waals surface area contributed by atoms with Crippen LogP contribution in [0.3, 0.4) is 0 Å². The third-order valence-electron chi connectivity index (χ3n) is 6.00. The molecule has 36 heavy (non-hydrogen) atoms. The van der Waals surface area contributed by atoms with E-state index in [9.17, 15) is 13.2 Å². The number of thiazole rings is 1. The molecule has 1 unspecified atom stereocenters. The highest BCUT2D eigenvalue weighted by Gasteiger charge is 2.34. The van der Waals surface area contributed by atoms with Crippen LogP contribution in [-0.2, 0) is 21.1 Å². The van der Waals surface area contributed by atoms with Crippen LogP contribution >= 0.6 is 11.3 Å². The number of rotatable bonds is 8. The largest absolute Gasteiger partial charge is 0.422 e. The normalized spacial score (nSPS) is 15.2. The van der Waals surface area contributed by atoms with Crippen molar-refractivity contribution in [1.29, 1.82) is 0 Å². The SMILES string of the molecule is CNCc1nnc(C(c2nc3ccc(-c4cccc(C(=O)N5CC(OC)C5)c4)cc3s2)S(C)(=O)=O)o1. The zero-order valence-electron chi connectivity index (χ0n) is 20.0. The fraction of sp³-hybridized carbons (Fsp3) is 0.333. The highest BCUT2D eigenvalue weighted by atomic mass is 32.2. The van der Waals surface area contributed by atoms with E-state index in [4.69, 9.17) is 9.15 Å². The Morgan fingerprint density at radius 3 is 2.72 bits per heavy atom. The number of hydrogen-bond acceptors (Lipinski definition) is 10. The van der Waals surface area contributed by atoms with Gasteiger partial charge in [0.1, 0.15) is 5.01 Å². The lowest BCUT2D eigenvalue weighted by Gasteiger charge is -2.38. The van der Waals surface area contributed by atoms with E-state index in [1.807, 2.05) is 36.4 Å². The molecule has 0 bridgehead atoms. The second-order valence-corrected chi connectivity index (χ2v) is 11.8. The van der Waals surface area contributed by atoms with Crippen molar-refractivity contribution < 1.29 is 22.4 Å². The number of fused-ring (bicyclic) bond motifs is 1. The number of carbonyl (C=O) groups excluding carboxylic acids is 1. The first-order valence-corrected chi connectivity index (χ1v) is 14.0. The van der Waals surface area contributed by atoms with Gasteiger partial charge in [0.25, 0.3) is 5.91 Å². The lowest BCUT2D eigenvalue weighted by molar-refractivity contribution is -0.0191. The lowest BCUT2D eigenvalue weighted by atomic mass is 10.0. The summed E-state index contributed by atoms with van der Waals surface area (Å²) < 4.78 is 37.0. The molecular formula is C24H25N5O5S2. The minimum atomic E-state index is -3.63. The predicted octanol–water partition coefficient (Wildman–Crippen LogP) is 2.67. The predicted molar refractivity (Wildman–Crippen MR) is 136 cm³/mol. The molecule has 0 radical (unpaired) electrons.